The molecule has 1 aliphatic heterocycles. The molecule has 2 atom stereocenters. The summed E-state index contributed by atoms with van der Waals surface area (Å²) >= 11 is 0. The van der Waals surface area contributed by atoms with Crippen LogP contribution in [0.5, 0.6) is 0 Å². The van der Waals surface area contributed by atoms with Gasteiger partial charge < -0.3 is 10.5 Å². The minimum atomic E-state index is 0.219. The SMILES string of the molecule is Cn1cc(CCC2(CN)CCOC2C2CC2)cn1. The summed E-state index contributed by atoms with van der Waals surface area (Å²) in [6.07, 6.45) is 10.5. The Hall–Kier alpha value is -0.870. The second-order valence-corrected chi connectivity index (χ2v) is 5.97. The van der Waals surface area contributed by atoms with E-state index in [-0.39, 0.29) is 5.41 Å². The van der Waals surface area contributed by atoms with Crippen LogP contribution in [-0.4, -0.2) is 29.0 Å². The van der Waals surface area contributed by atoms with Crippen LogP contribution in [0.25, 0.3) is 0 Å². The summed E-state index contributed by atoms with van der Waals surface area (Å²) in [5.74, 6) is 0.782. The van der Waals surface area contributed by atoms with Crippen molar-refractivity contribution in [3.8, 4) is 0 Å². The zero-order valence-electron chi connectivity index (χ0n) is 11.1. The summed E-state index contributed by atoms with van der Waals surface area (Å²) in [6.45, 7) is 1.65. The second-order valence-electron chi connectivity index (χ2n) is 5.97. The van der Waals surface area contributed by atoms with Crippen molar-refractivity contribution in [3.63, 3.8) is 0 Å². The van der Waals surface area contributed by atoms with Gasteiger partial charge in [0.05, 0.1) is 12.3 Å². The van der Waals surface area contributed by atoms with Gasteiger partial charge in [0.25, 0.3) is 0 Å². The molecule has 0 amide bonds. The fourth-order valence-corrected chi connectivity index (χ4v) is 3.33. The van der Waals surface area contributed by atoms with Crippen molar-refractivity contribution < 1.29 is 4.74 Å². The molecule has 1 saturated carbocycles. The molecule has 2 heterocycles. The molecular formula is C14H23N3O. The molecule has 4 nitrogen and oxygen atoms in total. The molecule has 0 bridgehead atoms. The quantitative estimate of drug-likeness (QED) is 0.860. The van der Waals surface area contributed by atoms with E-state index in [4.69, 9.17) is 10.5 Å². The monoisotopic (exact) mass is 249 g/mol. The van der Waals surface area contributed by atoms with E-state index in [1.54, 1.807) is 0 Å². The molecule has 3 rings (SSSR count). The first-order chi connectivity index (χ1) is 8.73. The third kappa shape index (κ3) is 2.19. The minimum absolute atomic E-state index is 0.219. The van der Waals surface area contributed by atoms with Crippen molar-refractivity contribution in [1.82, 2.24) is 9.78 Å². The number of hydrogen-bond acceptors (Lipinski definition) is 3. The minimum Gasteiger partial charge on any atom is -0.377 e. The van der Waals surface area contributed by atoms with Crippen LogP contribution in [0.1, 0.15) is 31.2 Å². The first-order valence-electron chi connectivity index (χ1n) is 7.03. The van der Waals surface area contributed by atoms with Crippen molar-refractivity contribution in [2.45, 2.75) is 38.2 Å². The van der Waals surface area contributed by atoms with E-state index in [0.29, 0.717) is 6.10 Å². The highest BCUT2D eigenvalue weighted by Gasteiger charge is 2.49. The van der Waals surface area contributed by atoms with Crippen LogP contribution < -0.4 is 5.73 Å². The lowest BCUT2D eigenvalue weighted by Crippen LogP contribution is -2.40. The van der Waals surface area contributed by atoms with Crippen LogP contribution in [0, 0.1) is 11.3 Å². The zero-order chi connectivity index (χ0) is 12.6. The predicted octanol–water partition coefficient (Wildman–Crippen LogP) is 1.50. The molecule has 2 N–H and O–H groups in total. The summed E-state index contributed by atoms with van der Waals surface area (Å²) in [6, 6.07) is 0. The number of nitrogens with two attached hydrogens (primary N) is 1. The van der Waals surface area contributed by atoms with Crippen molar-refractivity contribution in [2.24, 2.45) is 24.1 Å². The molecule has 4 heteroatoms. The second kappa shape index (κ2) is 4.67. The Kier molecular flexibility index (Phi) is 3.16. The summed E-state index contributed by atoms with van der Waals surface area (Å²) in [5.41, 5.74) is 7.62. The lowest BCUT2D eigenvalue weighted by Gasteiger charge is -2.33. The predicted molar refractivity (Wildman–Crippen MR) is 70.1 cm³/mol. The van der Waals surface area contributed by atoms with Gasteiger partial charge in [0, 0.05) is 31.8 Å². The van der Waals surface area contributed by atoms with Gasteiger partial charge in [0.1, 0.15) is 0 Å². The standard InChI is InChI=1S/C14H23N3O/c1-17-9-11(8-16-17)4-5-14(10-15)6-7-18-13(14)12-2-3-12/h8-9,12-13H,2-7,10,15H2,1H3. The van der Waals surface area contributed by atoms with E-state index in [2.05, 4.69) is 11.3 Å². The normalized spacial score (nSPS) is 32.0. The Balaban J connectivity index is 1.67. The summed E-state index contributed by atoms with van der Waals surface area (Å²) in [5, 5.41) is 4.23. The first-order valence-corrected chi connectivity index (χ1v) is 7.03. The van der Waals surface area contributed by atoms with Crippen LogP contribution >= 0.6 is 0 Å². The highest BCUT2D eigenvalue weighted by Crippen LogP contribution is 2.49. The van der Waals surface area contributed by atoms with Gasteiger partial charge in [-0.25, -0.2) is 0 Å². The summed E-state index contributed by atoms with van der Waals surface area (Å²) < 4.78 is 7.85. The fraction of sp³-hybridized carbons (Fsp3) is 0.786. The maximum atomic E-state index is 6.09. The Morgan fingerprint density at radius 3 is 3.00 bits per heavy atom. The third-order valence-corrected chi connectivity index (χ3v) is 4.63. The molecule has 0 radical (unpaired) electrons. The zero-order valence-corrected chi connectivity index (χ0v) is 11.1. The van der Waals surface area contributed by atoms with Gasteiger partial charge >= 0.3 is 0 Å². The average molecular weight is 249 g/mol. The van der Waals surface area contributed by atoms with E-state index in [0.717, 1.165) is 38.3 Å². The molecule has 18 heavy (non-hydrogen) atoms. The molecule has 2 unspecified atom stereocenters. The van der Waals surface area contributed by atoms with Gasteiger partial charge in [-0.2, -0.15) is 5.10 Å². The molecular weight excluding hydrogens is 226 g/mol. The van der Waals surface area contributed by atoms with Crippen LogP contribution in [0.3, 0.4) is 0 Å². The third-order valence-electron chi connectivity index (χ3n) is 4.63. The molecule has 1 saturated heterocycles. The lowest BCUT2D eigenvalue weighted by atomic mass is 9.75. The number of rotatable bonds is 5. The number of aryl methyl sites for hydroxylation is 2. The van der Waals surface area contributed by atoms with Crippen LogP contribution in [0.4, 0.5) is 0 Å². The lowest BCUT2D eigenvalue weighted by molar-refractivity contribution is 0.0306. The van der Waals surface area contributed by atoms with Crippen LogP contribution in [-0.2, 0) is 18.2 Å². The number of nitrogens with zero attached hydrogens (tertiary/aromatic N) is 2. The van der Waals surface area contributed by atoms with Crippen molar-refractivity contribution in [3.05, 3.63) is 18.0 Å². The van der Waals surface area contributed by atoms with E-state index in [9.17, 15) is 0 Å². The van der Waals surface area contributed by atoms with Gasteiger partial charge in [-0.05, 0) is 43.6 Å². The number of aromatic nitrogens is 2. The largest absolute Gasteiger partial charge is 0.377 e. The average Bonchev–Trinajstić information content (AvgIpc) is 2.99. The topological polar surface area (TPSA) is 53.1 Å². The molecule has 0 aromatic carbocycles. The van der Waals surface area contributed by atoms with Crippen LogP contribution in [0.15, 0.2) is 12.4 Å². The summed E-state index contributed by atoms with van der Waals surface area (Å²) in [7, 11) is 1.97. The van der Waals surface area contributed by atoms with Gasteiger partial charge in [0.2, 0.25) is 0 Å². The molecule has 2 fully saturated rings. The van der Waals surface area contributed by atoms with E-state index in [1.165, 1.54) is 18.4 Å². The Labute approximate surface area is 108 Å². The van der Waals surface area contributed by atoms with E-state index < -0.39 is 0 Å². The Morgan fingerprint density at radius 2 is 2.39 bits per heavy atom. The highest BCUT2D eigenvalue weighted by atomic mass is 16.5. The summed E-state index contributed by atoms with van der Waals surface area (Å²) in [4.78, 5) is 0. The number of hydrogen-bond donors (Lipinski definition) is 1. The molecule has 0 spiro atoms. The van der Waals surface area contributed by atoms with E-state index >= 15 is 0 Å². The highest BCUT2D eigenvalue weighted by molar-refractivity contribution is 5.07. The Bertz CT molecular complexity index is 413. The molecule has 100 valence electrons. The van der Waals surface area contributed by atoms with Gasteiger partial charge in [-0.3, -0.25) is 4.68 Å². The van der Waals surface area contributed by atoms with Crippen LogP contribution in [0.2, 0.25) is 0 Å². The van der Waals surface area contributed by atoms with Crippen molar-refractivity contribution >= 4 is 0 Å². The smallest absolute Gasteiger partial charge is 0.0672 e. The number of ether oxygens (including phenoxy) is 1. The fourth-order valence-electron chi connectivity index (χ4n) is 3.33. The van der Waals surface area contributed by atoms with Crippen molar-refractivity contribution in [1.29, 1.82) is 0 Å². The molecule has 1 aliphatic carbocycles. The maximum absolute atomic E-state index is 6.09. The Morgan fingerprint density at radius 1 is 1.56 bits per heavy atom. The van der Waals surface area contributed by atoms with Gasteiger partial charge in [0.15, 0.2) is 0 Å². The van der Waals surface area contributed by atoms with Gasteiger partial charge in [-0.15, -0.1) is 0 Å². The maximum Gasteiger partial charge on any atom is 0.0672 e. The van der Waals surface area contributed by atoms with Gasteiger partial charge in [-0.1, -0.05) is 0 Å². The van der Waals surface area contributed by atoms with Crippen molar-refractivity contribution in [2.75, 3.05) is 13.2 Å². The molecule has 1 aromatic rings. The molecule has 1 aromatic heterocycles. The first kappa shape index (κ1) is 12.2. The van der Waals surface area contributed by atoms with E-state index in [1.807, 2.05) is 17.9 Å². The molecule has 2 aliphatic rings.